The van der Waals surface area contributed by atoms with Crippen LogP contribution in [0.3, 0.4) is 0 Å². The zero-order chi connectivity index (χ0) is 43.4. The molecule has 14 nitrogen and oxygen atoms in total. The van der Waals surface area contributed by atoms with Gasteiger partial charge in [0.2, 0.25) is 33.6 Å². The molecule has 4 aliphatic rings. The molecule has 2 aliphatic carbocycles. The average Bonchev–Trinajstić information content (AvgIpc) is 4.13. The summed E-state index contributed by atoms with van der Waals surface area (Å²) >= 11 is 6.80. The van der Waals surface area contributed by atoms with Gasteiger partial charge < -0.3 is 24.6 Å². The molecule has 2 aliphatic heterocycles. The molecule has 0 bridgehead atoms. The number of benzene rings is 1. The normalized spacial score (nSPS) is 24.4. The first-order valence-electron chi connectivity index (χ1n) is 20.0. The maximum atomic E-state index is 14.9. The van der Waals surface area contributed by atoms with E-state index < -0.39 is 92.7 Å². The van der Waals surface area contributed by atoms with Gasteiger partial charge in [-0.05, 0) is 61.4 Å². The van der Waals surface area contributed by atoms with Gasteiger partial charge >= 0.3 is 0 Å². The number of ether oxygens (including phenoxy) is 2. The van der Waals surface area contributed by atoms with E-state index in [0.29, 0.717) is 40.8 Å². The fourth-order valence-electron chi connectivity index (χ4n) is 8.13. The third kappa shape index (κ3) is 8.78. The molecule has 18 heteroatoms. The van der Waals surface area contributed by atoms with Crippen LogP contribution in [0.25, 0.3) is 22.2 Å². The Balaban J connectivity index is 1.23. The van der Waals surface area contributed by atoms with Gasteiger partial charge in [-0.15, -0.1) is 6.58 Å². The first kappa shape index (κ1) is 43.2. The fraction of sp³-hybridized carbons (Fsp3) is 0.524. The van der Waals surface area contributed by atoms with Crippen molar-refractivity contribution < 1.29 is 45.9 Å². The largest absolute Gasteiger partial charge is 0.495 e. The molecular formula is C42H49ClF2N6O8S. The van der Waals surface area contributed by atoms with Crippen molar-refractivity contribution in [3.63, 3.8) is 0 Å². The highest BCUT2D eigenvalue weighted by atomic mass is 35.5. The van der Waals surface area contributed by atoms with Crippen LogP contribution in [0.5, 0.6) is 11.6 Å². The molecule has 4 amide bonds. The molecule has 4 fully saturated rings. The highest BCUT2D eigenvalue weighted by Crippen LogP contribution is 2.46. The Morgan fingerprint density at radius 1 is 1.12 bits per heavy atom. The van der Waals surface area contributed by atoms with Gasteiger partial charge in [0.15, 0.2) is 0 Å². The van der Waals surface area contributed by atoms with Crippen LogP contribution < -0.4 is 19.5 Å². The Labute approximate surface area is 352 Å². The summed E-state index contributed by atoms with van der Waals surface area (Å²) in [6.07, 6.45) is 2.39. The summed E-state index contributed by atoms with van der Waals surface area (Å²) < 4.78 is 68.6. The van der Waals surface area contributed by atoms with Gasteiger partial charge in [-0.3, -0.25) is 28.9 Å². The molecule has 1 unspecified atom stereocenters. The number of carbonyl (C=O) groups excluding carboxylic acids is 4. The van der Waals surface area contributed by atoms with Gasteiger partial charge in [0.25, 0.3) is 11.8 Å². The number of likely N-dealkylation sites (tertiary alicyclic amines) is 2. The molecule has 5 atom stereocenters. The number of alkyl halides is 2. The van der Waals surface area contributed by atoms with E-state index in [2.05, 4.69) is 21.6 Å². The number of nitrogens with zero attached hydrogens (tertiary/aromatic N) is 4. The Bertz CT molecular complexity index is 2330. The lowest BCUT2D eigenvalue weighted by atomic mass is 9.77. The number of nitrogens with one attached hydrogen (secondary N) is 2. The molecule has 4 heterocycles. The topological polar surface area (TPSA) is 177 Å². The highest BCUT2D eigenvalue weighted by molar-refractivity contribution is 7.91. The minimum absolute atomic E-state index is 0.0783. The first-order chi connectivity index (χ1) is 28.3. The third-order valence-electron chi connectivity index (χ3n) is 11.9. The van der Waals surface area contributed by atoms with Crippen LogP contribution in [0, 0.1) is 17.3 Å². The summed E-state index contributed by atoms with van der Waals surface area (Å²) in [4.78, 5) is 68.3. The summed E-state index contributed by atoms with van der Waals surface area (Å²) in [5.74, 6) is -7.03. The molecule has 3 aromatic rings. The molecule has 1 aromatic carbocycles. The smallest absolute Gasteiger partial charge is 0.265 e. The lowest BCUT2D eigenvalue weighted by Gasteiger charge is -2.37. The summed E-state index contributed by atoms with van der Waals surface area (Å²) in [6.45, 7) is 8.24. The van der Waals surface area contributed by atoms with Crippen LogP contribution in [0.2, 0.25) is 5.02 Å². The lowest BCUT2D eigenvalue weighted by Crippen LogP contribution is -2.57. The van der Waals surface area contributed by atoms with Crippen LogP contribution in [0.15, 0.2) is 55.3 Å². The maximum absolute atomic E-state index is 14.9. The van der Waals surface area contributed by atoms with Crippen molar-refractivity contribution >= 4 is 56.0 Å². The second kappa shape index (κ2) is 16.2. The fourth-order valence-corrected chi connectivity index (χ4v) is 9.79. The van der Waals surface area contributed by atoms with Crippen molar-refractivity contribution in [1.29, 1.82) is 0 Å². The lowest BCUT2D eigenvalue weighted by molar-refractivity contribution is -0.151. The molecule has 2 saturated heterocycles. The number of halogens is 3. The standard InChI is InChI=1S/C42H49ClF2N6O8S/c1-6-24-21-42(24,39(55)49-60(56,57)26-11-12-26)48-36(53)32-18-25(22-51(32)38(54)29(40(2,3)4)20-34(52)50-17-9-15-41(44,45)23-50)59-37-27-13-14-33(58-5)35(43)28(27)19-31(47-37)30-10-7-8-16-46-30/h6-8,10,13-14,16,19,24-26,29,32H,1,9,11-12,15,17-18,20-23H2,2-5H3,(H,48,53)(H,49,55)/t24-,25-,29-,32+,42?/m1/s1. The number of sulfonamides is 1. The molecule has 0 spiro atoms. The van der Waals surface area contributed by atoms with Crippen molar-refractivity contribution in [2.75, 3.05) is 26.7 Å². The number of piperidine rings is 1. The number of hydrogen-bond acceptors (Lipinski definition) is 10. The van der Waals surface area contributed by atoms with Crippen LogP contribution in [0.4, 0.5) is 8.78 Å². The Morgan fingerprint density at radius 2 is 1.87 bits per heavy atom. The summed E-state index contributed by atoms with van der Waals surface area (Å²) in [5.41, 5.74) is -1.58. The molecule has 7 rings (SSSR count). The predicted octanol–water partition coefficient (Wildman–Crippen LogP) is 5.29. The van der Waals surface area contributed by atoms with E-state index in [4.69, 9.17) is 26.1 Å². The number of carbonyl (C=O) groups is 4. The van der Waals surface area contributed by atoms with Crippen molar-refractivity contribution in [1.82, 2.24) is 29.8 Å². The van der Waals surface area contributed by atoms with E-state index in [0.717, 1.165) is 4.90 Å². The maximum Gasteiger partial charge on any atom is 0.265 e. The number of pyridine rings is 2. The molecule has 322 valence electrons. The van der Waals surface area contributed by atoms with E-state index in [-0.39, 0.29) is 49.7 Å². The summed E-state index contributed by atoms with van der Waals surface area (Å²) in [6, 6.07) is 9.17. The van der Waals surface area contributed by atoms with Crippen LogP contribution in [0.1, 0.15) is 65.7 Å². The Kier molecular flexibility index (Phi) is 11.6. The summed E-state index contributed by atoms with van der Waals surface area (Å²) in [5, 5.41) is 3.41. The van der Waals surface area contributed by atoms with Crippen molar-refractivity contribution in [3.05, 3.63) is 60.3 Å². The van der Waals surface area contributed by atoms with E-state index >= 15 is 0 Å². The van der Waals surface area contributed by atoms with E-state index in [1.807, 2.05) is 0 Å². The van der Waals surface area contributed by atoms with E-state index in [1.165, 1.54) is 18.1 Å². The second-order valence-corrected chi connectivity index (χ2v) is 19.6. The predicted molar refractivity (Wildman–Crippen MR) is 219 cm³/mol. The highest BCUT2D eigenvalue weighted by Gasteiger charge is 2.62. The van der Waals surface area contributed by atoms with Gasteiger partial charge in [-0.2, -0.15) is 0 Å². The Morgan fingerprint density at radius 3 is 2.48 bits per heavy atom. The zero-order valence-electron chi connectivity index (χ0n) is 33.9. The van der Waals surface area contributed by atoms with Crippen LogP contribution in [-0.4, -0.2) is 107 Å². The average molecular weight is 871 g/mol. The van der Waals surface area contributed by atoms with Crippen molar-refractivity contribution in [2.24, 2.45) is 17.3 Å². The molecule has 0 radical (unpaired) electrons. The van der Waals surface area contributed by atoms with Gasteiger partial charge in [0.05, 0.1) is 47.8 Å². The second-order valence-electron chi connectivity index (χ2n) is 17.3. The van der Waals surface area contributed by atoms with Crippen molar-refractivity contribution in [3.8, 4) is 23.0 Å². The number of fused-ring (bicyclic) bond motifs is 1. The number of aromatic nitrogens is 2. The number of hydrogen-bond donors (Lipinski definition) is 2. The summed E-state index contributed by atoms with van der Waals surface area (Å²) in [7, 11) is -2.48. The third-order valence-corrected chi connectivity index (χ3v) is 14.1. The molecule has 2 N–H and O–H groups in total. The zero-order valence-corrected chi connectivity index (χ0v) is 35.5. The molecular weight excluding hydrogens is 822 g/mol. The Hall–Kier alpha value is -4.90. The SMILES string of the molecule is C=C[C@@H]1CC1(NC(=O)[C@@H]1C[C@@H](Oc2nc(-c3ccccn3)cc3c(Cl)c(OC)ccc23)CN1C(=O)[C@@H](CC(=O)N1CCCC(F)(F)C1)C(C)(C)C)C(=O)NS(=O)(=O)C1CC1. The minimum atomic E-state index is -3.97. The van der Waals surface area contributed by atoms with Crippen molar-refractivity contribution in [2.45, 2.75) is 94.6 Å². The van der Waals surface area contributed by atoms with Gasteiger partial charge in [0.1, 0.15) is 23.4 Å². The first-order valence-corrected chi connectivity index (χ1v) is 21.9. The number of rotatable bonds is 13. The van der Waals surface area contributed by atoms with E-state index in [1.54, 1.807) is 63.4 Å². The van der Waals surface area contributed by atoms with E-state index in [9.17, 15) is 36.4 Å². The number of methoxy groups -OCH3 is 1. The minimum Gasteiger partial charge on any atom is -0.495 e. The van der Waals surface area contributed by atoms with Crippen LogP contribution in [-0.2, 0) is 29.2 Å². The molecule has 2 aromatic heterocycles. The monoisotopic (exact) mass is 870 g/mol. The van der Waals surface area contributed by atoms with Gasteiger partial charge in [-0.1, -0.05) is 44.5 Å². The van der Waals surface area contributed by atoms with Gasteiger partial charge in [-0.25, -0.2) is 22.2 Å². The van der Waals surface area contributed by atoms with Gasteiger partial charge in [0, 0.05) is 48.7 Å². The quantitative estimate of drug-likeness (QED) is 0.215. The number of amides is 4. The molecule has 60 heavy (non-hydrogen) atoms. The van der Waals surface area contributed by atoms with Crippen LogP contribution >= 0.6 is 11.6 Å². The molecule has 2 saturated carbocycles.